The second-order valence-corrected chi connectivity index (χ2v) is 7.15. The maximum atomic E-state index is 6.25. The van der Waals surface area contributed by atoms with Gasteiger partial charge in [-0.25, -0.2) is 0 Å². The van der Waals surface area contributed by atoms with Gasteiger partial charge in [-0.2, -0.15) is 0 Å². The van der Waals surface area contributed by atoms with Crippen LogP contribution in [-0.2, 0) is 0 Å². The molecule has 0 radical (unpaired) electrons. The van der Waals surface area contributed by atoms with Gasteiger partial charge >= 0.3 is 0 Å². The van der Waals surface area contributed by atoms with Crippen molar-refractivity contribution in [3.63, 3.8) is 0 Å². The monoisotopic (exact) mass is 292 g/mol. The third kappa shape index (κ3) is 2.61. The van der Waals surface area contributed by atoms with Gasteiger partial charge in [0.2, 0.25) is 0 Å². The quantitative estimate of drug-likeness (QED) is 0.819. The maximum absolute atomic E-state index is 6.25. The van der Waals surface area contributed by atoms with E-state index in [0.717, 1.165) is 5.02 Å². The number of hydrogen-bond donors (Lipinski definition) is 0. The van der Waals surface area contributed by atoms with Crippen LogP contribution in [0.25, 0.3) is 0 Å². The molecule has 1 aliphatic carbocycles. The van der Waals surface area contributed by atoms with E-state index in [4.69, 9.17) is 11.6 Å². The predicted molar refractivity (Wildman–Crippen MR) is 85.5 cm³/mol. The smallest absolute Gasteiger partial charge is 0.0409 e. The second-order valence-electron chi connectivity index (χ2n) is 6.71. The SMILES string of the molecule is CC(C)[C@@H]1C[C@@H](N2CCN(C)CC2)c2cc(Cl)ccc21. The number of fused-ring (bicyclic) bond motifs is 1. The number of likely N-dealkylation sites (N-methyl/N-ethyl adjacent to an activating group) is 1. The van der Waals surface area contributed by atoms with E-state index in [1.807, 2.05) is 0 Å². The molecule has 2 aliphatic rings. The zero-order valence-electron chi connectivity index (χ0n) is 12.8. The van der Waals surface area contributed by atoms with Crippen LogP contribution in [-0.4, -0.2) is 43.0 Å². The van der Waals surface area contributed by atoms with Gasteiger partial charge in [-0.05, 0) is 48.6 Å². The molecule has 0 bridgehead atoms. The first-order chi connectivity index (χ1) is 9.56. The minimum absolute atomic E-state index is 0.574. The Balaban J connectivity index is 1.88. The first-order valence-electron chi connectivity index (χ1n) is 7.78. The van der Waals surface area contributed by atoms with Crippen molar-refractivity contribution in [1.82, 2.24) is 9.80 Å². The normalized spacial score (nSPS) is 28.1. The Hall–Kier alpha value is -0.570. The minimum atomic E-state index is 0.574. The summed E-state index contributed by atoms with van der Waals surface area (Å²) in [6.45, 7) is 9.40. The topological polar surface area (TPSA) is 6.48 Å². The molecule has 1 aliphatic heterocycles. The zero-order valence-corrected chi connectivity index (χ0v) is 13.5. The van der Waals surface area contributed by atoms with Crippen molar-refractivity contribution in [3.8, 4) is 0 Å². The predicted octanol–water partition coefficient (Wildman–Crippen LogP) is 3.77. The van der Waals surface area contributed by atoms with Gasteiger partial charge in [0.15, 0.2) is 0 Å². The van der Waals surface area contributed by atoms with Crippen molar-refractivity contribution in [1.29, 1.82) is 0 Å². The molecule has 0 N–H and O–H groups in total. The number of rotatable bonds is 2. The highest BCUT2D eigenvalue weighted by atomic mass is 35.5. The first kappa shape index (κ1) is 14.4. The summed E-state index contributed by atoms with van der Waals surface area (Å²) in [6, 6.07) is 7.10. The van der Waals surface area contributed by atoms with E-state index in [2.05, 4.69) is 48.9 Å². The highest BCUT2D eigenvalue weighted by Gasteiger charge is 2.36. The van der Waals surface area contributed by atoms with Crippen molar-refractivity contribution < 1.29 is 0 Å². The summed E-state index contributed by atoms with van der Waals surface area (Å²) in [5.74, 6) is 1.39. The van der Waals surface area contributed by atoms with Crippen molar-refractivity contribution >= 4 is 11.6 Å². The van der Waals surface area contributed by atoms with E-state index in [1.165, 1.54) is 43.7 Å². The fourth-order valence-electron chi connectivity index (χ4n) is 3.78. The van der Waals surface area contributed by atoms with E-state index >= 15 is 0 Å². The zero-order chi connectivity index (χ0) is 14.3. The summed E-state index contributed by atoms with van der Waals surface area (Å²) in [6.07, 6.45) is 1.26. The molecular formula is C17H25ClN2. The molecule has 1 fully saturated rings. The van der Waals surface area contributed by atoms with E-state index in [9.17, 15) is 0 Å². The largest absolute Gasteiger partial charge is 0.304 e. The highest BCUT2D eigenvalue weighted by molar-refractivity contribution is 6.30. The average molecular weight is 293 g/mol. The Bertz CT molecular complexity index is 478. The molecule has 20 heavy (non-hydrogen) atoms. The molecule has 0 amide bonds. The second kappa shape index (κ2) is 5.67. The lowest BCUT2D eigenvalue weighted by Crippen LogP contribution is -2.45. The number of hydrogen-bond acceptors (Lipinski definition) is 2. The van der Waals surface area contributed by atoms with E-state index in [-0.39, 0.29) is 0 Å². The lowest BCUT2D eigenvalue weighted by molar-refractivity contribution is 0.107. The van der Waals surface area contributed by atoms with E-state index < -0.39 is 0 Å². The van der Waals surface area contributed by atoms with Gasteiger partial charge in [0.25, 0.3) is 0 Å². The number of nitrogens with zero attached hydrogens (tertiary/aromatic N) is 2. The van der Waals surface area contributed by atoms with Gasteiger partial charge in [-0.1, -0.05) is 31.5 Å². The average Bonchev–Trinajstić information content (AvgIpc) is 2.78. The van der Waals surface area contributed by atoms with Crippen LogP contribution in [0.2, 0.25) is 5.02 Å². The molecule has 0 aromatic heterocycles. The first-order valence-corrected chi connectivity index (χ1v) is 8.16. The maximum Gasteiger partial charge on any atom is 0.0409 e. The minimum Gasteiger partial charge on any atom is -0.304 e. The molecule has 2 nitrogen and oxygen atoms in total. The summed E-state index contributed by atoms with van der Waals surface area (Å²) in [4.78, 5) is 5.09. The lowest BCUT2D eigenvalue weighted by Gasteiger charge is -2.37. The fraction of sp³-hybridized carbons (Fsp3) is 0.647. The van der Waals surface area contributed by atoms with Crippen LogP contribution < -0.4 is 0 Å². The third-order valence-electron chi connectivity index (χ3n) is 5.07. The Morgan fingerprint density at radius 1 is 1.10 bits per heavy atom. The van der Waals surface area contributed by atoms with Crippen molar-refractivity contribution in [3.05, 3.63) is 34.3 Å². The molecule has 0 spiro atoms. The van der Waals surface area contributed by atoms with Crippen molar-refractivity contribution in [2.75, 3.05) is 33.2 Å². The van der Waals surface area contributed by atoms with Gasteiger partial charge < -0.3 is 4.90 Å². The summed E-state index contributed by atoms with van der Waals surface area (Å²) < 4.78 is 0. The van der Waals surface area contributed by atoms with Crippen LogP contribution in [0.15, 0.2) is 18.2 Å². The Kier molecular flexibility index (Phi) is 4.07. The van der Waals surface area contributed by atoms with Crippen LogP contribution in [0.1, 0.15) is 43.4 Å². The van der Waals surface area contributed by atoms with Crippen LogP contribution in [0.3, 0.4) is 0 Å². The van der Waals surface area contributed by atoms with Gasteiger partial charge in [-0.3, -0.25) is 4.90 Å². The Morgan fingerprint density at radius 2 is 1.80 bits per heavy atom. The van der Waals surface area contributed by atoms with E-state index in [0.29, 0.717) is 17.9 Å². The summed E-state index contributed by atoms with van der Waals surface area (Å²) in [5.41, 5.74) is 3.02. The summed E-state index contributed by atoms with van der Waals surface area (Å²) in [5, 5.41) is 0.882. The molecule has 3 rings (SSSR count). The van der Waals surface area contributed by atoms with Gasteiger partial charge in [-0.15, -0.1) is 0 Å². The summed E-state index contributed by atoms with van der Waals surface area (Å²) >= 11 is 6.25. The molecule has 1 heterocycles. The van der Waals surface area contributed by atoms with Crippen LogP contribution in [0.4, 0.5) is 0 Å². The number of halogens is 1. The molecule has 0 saturated carbocycles. The van der Waals surface area contributed by atoms with Gasteiger partial charge in [0.1, 0.15) is 0 Å². The third-order valence-corrected chi connectivity index (χ3v) is 5.30. The molecular weight excluding hydrogens is 268 g/mol. The summed E-state index contributed by atoms with van der Waals surface area (Å²) in [7, 11) is 2.22. The van der Waals surface area contributed by atoms with Crippen LogP contribution in [0.5, 0.6) is 0 Å². The standard InChI is InChI=1S/C17H25ClN2/c1-12(2)15-11-17(20-8-6-19(3)7-9-20)16-10-13(18)4-5-14(15)16/h4-5,10,12,15,17H,6-9,11H2,1-3H3/t15-,17+/m0/s1. The number of benzene rings is 1. The Morgan fingerprint density at radius 3 is 2.45 bits per heavy atom. The molecule has 2 atom stereocenters. The highest BCUT2D eigenvalue weighted by Crippen LogP contribution is 2.47. The van der Waals surface area contributed by atoms with Gasteiger partial charge in [0.05, 0.1) is 0 Å². The van der Waals surface area contributed by atoms with Crippen LogP contribution >= 0.6 is 11.6 Å². The molecule has 1 aromatic rings. The van der Waals surface area contributed by atoms with Crippen molar-refractivity contribution in [2.24, 2.45) is 5.92 Å². The van der Waals surface area contributed by atoms with Crippen molar-refractivity contribution in [2.45, 2.75) is 32.2 Å². The molecule has 0 unspecified atom stereocenters. The molecule has 1 saturated heterocycles. The van der Waals surface area contributed by atoms with Crippen LogP contribution in [0, 0.1) is 5.92 Å². The van der Waals surface area contributed by atoms with Gasteiger partial charge in [0, 0.05) is 37.2 Å². The Labute approximate surface area is 127 Å². The molecule has 110 valence electrons. The number of piperazine rings is 1. The molecule has 3 heteroatoms. The fourth-order valence-corrected chi connectivity index (χ4v) is 3.96. The lowest BCUT2D eigenvalue weighted by atomic mass is 9.90. The van der Waals surface area contributed by atoms with E-state index in [1.54, 1.807) is 0 Å². The molecule has 1 aromatic carbocycles.